The monoisotopic (exact) mass is 247 g/mol. The quantitative estimate of drug-likeness (QED) is 0.769. The van der Waals surface area contributed by atoms with Gasteiger partial charge in [0, 0.05) is 18.5 Å². The standard InChI is InChI=1S/C16H25NO/c1-13(2)9-10-18-15-8-6-7-14(11-15)12-17-16(3,4)5/h6-8,11,17H,1,9-10,12H2,2-5H3. The molecule has 0 amide bonds. The number of hydrogen-bond donors (Lipinski definition) is 1. The van der Waals surface area contributed by atoms with E-state index in [9.17, 15) is 0 Å². The first-order valence-corrected chi connectivity index (χ1v) is 6.48. The average molecular weight is 247 g/mol. The van der Waals surface area contributed by atoms with E-state index in [1.165, 1.54) is 5.56 Å². The lowest BCUT2D eigenvalue weighted by molar-refractivity contribution is 0.321. The Labute approximate surface area is 111 Å². The Bertz CT molecular complexity index is 390. The van der Waals surface area contributed by atoms with Crippen LogP contribution in [0.4, 0.5) is 0 Å². The summed E-state index contributed by atoms with van der Waals surface area (Å²) < 4.78 is 5.70. The van der Waals surface area contributed by atoms with Crippen LogP contribution in [0.2, 0.25) is 0 Å². The number of rotatable bonds is 6. The van der Waals surface area contributed by atoms with E-state index in [1.807, 2.05) is 19.1 Å². The van der Waals surface area contributed by atoms with E-state index in [4.69, 9.17) is 4.74 Å². The Kier molecular flexibility index (Phi) is 5.42. The molecule has 1 N–H and O–H groups in total. The minimum absolute atomic E-state index is 0.136. The summed E-state index contributed by atoms with van der Waals surface area (Å²) in [6.07, 6.45) is 0.907. The Hall–Kier alpha value is -1.28. The topological polar surface area (TPSA) is 21.3 Å². The van der Waals surface area contributed by atoms with Crippen LogP contribution in [0.3, 0.4) is 0 Å². The average Bonchev–Trinajstić information content (AvgIpc) is 2.26. The maximum absolute atomic E-state index is 5.70. The zero-order chi connectivity index (χ0) is 13.6. The molecule has 0 aliphatic carbocycles. The summed E-state index contributed by atoms with van der Waals surface area (Å²) in [6, 6.07) is 8.25. The van der Waals surface area contributed by atoms with Crippen molar-refractivity contribution in [2.75, 3.05) is 6.61 Å². The number of hydrogen-bond acceptors (Lipinski definition) is 2. The Morgan fingerprint density at radius 2 is 2.06 bits per heavy atom. The Morgan fingerprint density at radius 1 is 1.33 bits per heavy atom. The highest BCUT2D eigenvalue weighted by molar-refractivity contribution is 5.28. The van der Waals surface area contributed by atoms with Crippen molar-refractivity contribution in [2.45, 2.75) is 46.2 Å². The van der Waals surface area contributed by atoms with Gasteiger partial charge in [0.05, 0.1) is 6.61 Å². The van der Waals surface area contributed by atoms with Crippen molar-refractivity contribution in [2.24, 2.45) is 0 Å². The summed E-state index contributed by atoms with van der Waals surface area (Å²) in [6.45, 7) is 14.0. The van der Waals surface area contributed by atoms with Gasteiger partial charge in [0.2, 0.25) is 0 Å². The van der Waals surface area contributed by atoms with Crippen molar-refractivity contribution in [1.29, 1.82) is 0 Å². The van der Waals surface area contributed by atoms with Gasteiger partial charge in [-0.05, 0) is 45.4 Å². The lowest BCUT2D eigenvalue weighted by atomic mass is 10.1. The Morgan fingerprint density at radius 3 is 2.67 bits per heavy atom. The Balaban J connectivity index is 2.49. The number of ether oxygens (including phenoxy) is 1. The summed E-state index contributed by atoms with van der Waals surface area (Å²) in [4.78, 5) is 0. The second-order valence-electron chi connectivity index (χ2n) is 5.81. The van der Waals surface area contributed by atoms with Gasteiger partial charge in [0.15, 0.2) is 0 Å². The lowest BCUT2D eigenvalue weighted by Gasteiger charge is -2.20. The second-order valence-corrected chi connectivity index (χ2v) is 5.81. The van der Waals surface area contributed by atoms with E-state index in [-0.39, 0.29) is 5.54 Å². The largest absolute Gasteiger partial charge is 0.493 e. The number of nitrogens with one attached hydrogen (secondary N) is 1. The molecule has 0 radical (unpaired) electrons. The molecule has 0 aromatic heterocycles. The van der Waals surface area contributed by atoms with Gasteiger partial charge in [-0.25, -0.2) is 0 Å². The highest BCUT2D eigenvalue weighted by atomic mass is 16.5. The van der Waals surface area contributed by atoms with Crippen LogP contribution >= 0.6 is 0 Å². The van der Waals surface area contributed by atoms with Gasteiger partial charge in [0.1, 0.15) is 5.75 Å². The molecule has 0 aliphatic heterocycles. The number of benzene rings is 1. The van der Waals surface area contributed by atoms with Crippen molar-refractivity contribution < 1.29 is 4.74 Å². The van der Waals surface area contributed by atoms with Gasteiger partial charge in [-0.3, -0.25) is 0 Å². The predicted molar refractivity (Wildman–Crippen MR) is 78.0 cm³/mol. The first-order chi connectivity index (χ1) is 8.37. The molecule has 1 aromatic carbocycles. The molecule has 100 valence electrons. The smallest absolute Gasteiger partial charge is 0.119 e. The van der Waals surface area contributed by atoms with Crippen LogP contribution in [0.15, 0.2) is 36.4 Å². The van der Waals surface area contributed by atoms with Crippen LogP contribution in [-0.4, -0.2) is 12.1 Å². The predicted octanol–water partition coefficient (Wildman–Crippen LogP) is 3.92. The summed E-state index contributed by atoms with van der Waals surface area (Å²) in [7, 11) is 0. The third-order valence-electron chi connectivity index (χ3n) is 2.52. The second kappa shape index (κ2) is 6.60. The minimum atomic E-state index is 0.136. The van der Waals surface area contributed by atoms with Crippen LogP contribution in [0.25, 0.3) is 0 Å². The first kappa shape index (κ1) is 14.8. The fourth-order valence-corrected chi connectivity index (χ4v) is 1.46. The summed E-state index contributed by atoms with van der Waals surface area (Å²) in [5, 5.41) is 3.47. The van der Waals surface area contributed by atoms with E-state index in [0.717, 1.165) is 24.3 Å². The van der Waals surface area contributed by atoms with Crippen LogP contribution < -0.4 is 10.1 Å². The van der Waals surface area contributed by atoms with Crippen LogP contribution in [0.5, 0.6) is 5.75 Å². The molecule has 1 aromatic rings. The molecule has 2 nitrogen and oxygen atoms in total. The van der Waals surface area contributed by atoms with Crippen molar-refractivity contribution in [3.8, 4) is 5.75 Å². The van der Waals surface area contributed by atoms with Crippen molar-refractivity contribution in [1.82, 2.24) is 5.32 Å². The van der Waals surface area contributed by atoms with E-state index in [1.54, 1.807) is 0 Å². The van der Waals surface area contributed by atoms with Crippen LogP contribution in [-0.2, 0) is 6.54 Å². The minimum Gasteiger partial charge on any atom is -0.493 e. The normalized spacial score (nSPS) is 11.3. The van der Waals surface area contributed by atoms with Gasteiger partial charge in [-0.2, -0.15) is 0 Å². The molecular formula is C16H25NO. The van der Waals surface area contributed by atoms with Gasteiger partial charge >= 0.3 is 0 Å². The van der Waals surface area contributed by atoms with Gasteiger partial charge in [-0.1, -0.05) is 17.7 Å². The molecular weight excluding hydrogens is 222 g/mol. The third-order valence-corrected chi connectivity index (χ3v) is 2.52. The molecule has 1 rings (SSSR count). The fourth-order valence-electron chi connectivity index (χ4n) is 1.46. The molecule has 0 unspecified atom stereocenters. The van der Waals surface area contributed by atoms with Gasteiger partial charge in [0.25, 0.3) is 0 Å². The highest BCUT2D eigenvalue weighted by Crippen LogP contribution is 2.15. The van der Waals surface area contributed by atoms with Crippen LogP contribution in [0.1, 0.15) is 39.7 Å². The molecule has 0 saturated heterocycles. The molecule has 0 atom stereocenters. The van der Waals surface area contributed by atoms with E-state index >= 15 is 0 Å². The molecule has 0 heterocycles. The molecule has 18 heavy (non-hydrogen) atoms. The van der Waals surface area contributed by atoms with Gasteiger partial charge in [-0.15, -0.1) is 6.58 Å². The lowest BCUT2D eigenvalue weighted by Crippen LogP contribution is -2.35. The summed E-state index contributed by atoms with van der Waals surface area (Å²) >= 11 is 0. The molecule has 0 saturated carbocycles. The SMILES string of the molecule is C=C(C)CCOc1cccc(CNC(C)(C)C)c1. The molecule has 0 spiro atoms. The molecule has 2 heteroatoms. The zero-order valence-electron chi connectivity index (χ0n) is 12.0. The van der Waals surface area contributed by atoms with E-state index in [2.05, 4.69) is 44.8 Å². The zero-order valence-corrected chi connectivity index (χ0v) is 12.0. The van der Waals surface area contributed by atoms with Crippen molar-refractivity contribution in [3.05, 3.63) is 42.0 Å². The summed E-state index contributed by atoms with van der Waals surface area (Å²) in [5.41, 5.74) is 2.54. The van der Waals surface area contributed by atoms with E-state index < -0.39 is 0 Å². The van der Waals surface area contributed by atoms with Crippen molar-refractivity contribution >= 4 is 0 Å². The van der Waals surface area contributed by atoms with Crippen LogP contribution in [0, 0.1) is 0 Å². The fraction of sp³-hybridized carbons (Fsp3) is 0.500. The van der Waals surface area contributed by atoms with Gasteiger partial charge < -0.3 is 10.1 Å². The maximum atomic E-state index is 5.70. The summed E-state index contributed by atoms with van der Waals surface area (Å²) in [5.74, 6) is 0.935. The molecule has 0 aliphatic rings. The third kappa shape index (κ3) is 6.45. The molecule has 0 bridgehead atoms. The highest BCUT2D eigenvalue weighted by Gasteiger charge is 2.08. The molecule has 0 fully saturated rings. The van der Waals surface area contributed by atoms with Crippen molar-refractivity contribution in [3.63, 3.8) is 0 Å². The first-order valence-electron chi connectivity index (χ1n) is 6.48. The van der Waals surface area contributed by atoms with E-state index in [0.29, 0.717) is 6.61 Å². The maximum Gasteiger partial charge on any atom is 0.119 e.